The normalized spacial score (nSPS) is 21.5. The molecule has 0 saturated carbocycles. The summed E-state index contributed by atoms with van der Waals surface area (Å²) >= 11 is 6.15. The highest BCUT2D eigenvalue weighted by Crippen LogP contribution is 2.41. The maximum Gasteiger partial charge on any atom is 0.295 e. The van der Waals surface area contributed by atoms with E-state index in [1.165, 1.54) is 12.0 Å². The van der Waals surface area contributed by atoms with Gasteiger partial charge in [-0.15, -0.1) is 0 Å². The number of aliphatic hydroxyl groups excluding tert-OH is 1. The van der Waals surface area contributed by atoms with E-state index in [0.29, 0.717) is 22.9 Å². The lowest BCUT2D eigenvalue weighted by atomic mass is 9.94. The van der Waals surface area contributed by atoms with Crippen LogP contribution in [0.4, 0.5) is 5.69 Å². The third-order valence-corrected chi connectivity index (χ3v) is 7.04. The van der Waals surface area contributed by atoms with Gasteiger partial charge in [0.15, 0.2) is 0 Å². The van der Waals surface area contributed by atoms with E-state index in [-0.39, 0.29) is 24.0 Å². The molecule has 0 spiro atoms. The number of aliphatic hydroxyl groups is 1. The Morgan fingerprint density at radius 3 is 2.49 bits per heavy atom. The lowest BCUT2D eigenvalue weighted by Crippen LogP contribution is -2.36. The molecule has 2 aliphatic heterocycles. The predicted octanol–water partition coefficient (Wildman–Crippen LogP) is 4.80. The van der Waals surface area contributed by atoms with Crippen LogP contribution in [0.5, 0.6) is 5.75 Å². The van der Waals surface area contributed by atoms with Gasteiger partial charge in [-0.3, -0.25) is 9.59 Å². The standard InChI is InChI=1S/C27H31ClN2O5/c1-4-29(5-2)19-11-8-17(9-12-19)24-23(25(31)18-10-13-21(28)22(15-18)34-3)26(32)27(33)30(24)16-20-7-6-14-35-20/h8-13,15,20,24,31H,4-7,14,16H2,1-3H3/b25-23-. The predicted molar refractivity (Wildman–Crippen MR) is 136 cm³/mol. The van der Waals surface area contributed by atoms with Crippen LogP contribution in [0.3, 0.4) is 0 Å². The Labute approximate surface area is 210 Å². The van der Waals surface area contributed by atoms with Crippen LogP contribution in [0.2, 0.25) is 5.02 Å². The second kappa shape index (κ2) is 10.7. The number of halogens is 1. The first kappa shape index (κ1) is 25.1. The molecule has 1 amide bonds. The van der Waals surface area contributed by atoms with E-state index in [2.05, 4.69) is 18.7 Å². The largest absolute Gasteiger partial charge is 0.507 e. The average Bonchev–Trinajstić information content (AvgIpc) is 3.47. The van der Waals surface area contributed by atoms with E-state index in [4.69, 9.17) is 21.1 Å². The van der Waals surface area contributed by atoms with E-state index >= 15 is 0 Å². The van der Waals surface area contributed by atoms with Crippen molar-refractivity contribution < 1.29 is 24.2 Å². The fourth-order valence-electron chi connectivity index (χ4n) is 4.84. The van der Waals surface area contributed by atoms with Crippen LogP contribution in [0.25, 0.3) is 5.76 Å². The first-order chi connectivity index (χ1) is 16.9. The van der Waals surface area contributed by atoms with E-state index < -0.39 is 17.7 Å². The van der Waals surface area contributed by atoms with Crippen molar-refractivity contribution in [2.24, 2.45) is 0 Å². The number of anilines is 1. The molecule has 2 aromatic rings. The van der Waals surface area contributed by atoms with E-state index in [0.717, 1.165) is 37.2 Å². The van der Waals surface area contributed by atoms with Gasteiger partial charge in [-0.25, -0.2) is 0 Å². The molecule has 35 heavy (non-hydrogen) atoms. The number of carbonyl (C=O) groups excluding carboxylic acids is 2. The highest BCUT2D eigenvalue weighted by Gasteiger charge is 2.47. The summed E-state index contributed by atoms with van der Waals surface area (Å²) in [6.45, 7) is 6.84. The summed E-state index contributed by atoms with van der Waals surface area (Å²) in [5, 5.41) is 11.7. The van der Waals surface area contributed by atoms with Crippen LogP contribution >= 0.6 is 11.6 Å². The van der Waals surface area contributed by atoms with Crippen molar-refractivity contribution in [3.8, 4) is 5.75 Å². The smallest absolute Gasteiger partial charge is 0.295 e. The molecule has 2 aliphatic rings. The molecule has 2 unspecified atom stereocenters. The van der Waals surface area contributed by atoms with Crippen LogP contribution in [0.1, 0.15) is 43.9 Å². The number of hydrogen-bond acceptors (Lipinski definition) is 6. The van der Waals surface area contributed by atoms with Gasteiger partial charge in [0.2, 0.25) is 0 Å². The molecular weight excluding hydrogens is 468 g/mol. The third kappa shape index (κ3) is 4.88. The summed E-state index contributed by atoms with van der Waals surface area (Å²) in [6.07, 6.45) is 1.61. The highest BCUT2D eigenvalue weighted by atomic mass is 35.5. The summed E-state index contributed by atoms with van der Waals surface area (Å²) in [5.41, 5.74) is 2.21. The molecule has 0 aromatic heterocycles. The molecule has 2 atom stereocenters. The lowest BCUT2D eigenvalue weighted by molar-refractivity contribution is -0.140. The summed E-state index contributed by atoms with van der Waals surface area (Å²) < 4.78 is 11.0. The molecule has 2 aromatic carbocycles. The summed E-state index contributed by atoms with van der Waals surface area (Å²) in [6, 6.07) is 11.8. The van der Waals surface area contributed by atoms with Crippen molar-refractivity contribution in [3.63, 3.8) is 0 Å². The number of ether oxygens (including phenoxy) is 2. The Morgan fingerprint density at radius 2 is 1.89 bits per heavy atom. The molecule has 2 heterocycles. The number of amides is 1. The van der Waals surface area contributed by atoms with Crippen molar-refractivity contribution >= 4 is 34.7 Å². The topological polar surface area (TPSA) is 79.3 Å². The quantitative estimate of drug-likeness (QED) is 0.320. The Hall–Kier alpha value is -3.03. The Morgan fingerprint density at radius 1 is 1.17 bits per heavy atom. The highest BCUT2D eigenvalue weighted by molar-refractivity contribution is 6.46. The van der Waals surface area contributed by atoms with Gasteiger partial charge in [0.1, 0.15) is 11.5 Å². The molecular formula is C27H31ClN2O5. The van der Waals surface area contributed by atoms with Gasteiger partial charge in [-0.05, 0) is 62.6 Å². The van der Waals surface area contributed by atoms with Gasteiger partial charge in [0.05, 0.1) is 29.9 Å². The van der Waals surface area contributed by atoms with E-state index in [1.54, 1.807) is 18.2 Å². The maximum atomic E-state index is 13.3. The number of methoxy groups -OCH3 is 1. The minimum atomic E-state index is -0.730. The fourth-order valence-corrected chi connectivity index (χ4v) is 5.04. The molecule has 8 heteroatoms. The summed E-state index contributed by atoms with van der Waals surface area (Å²) in [7, 11) is 1.48. The SMILES string of the molecule is CCN(CC)c1ccc(C2/C(=C(/O)c3ccc(Cl)c(OC)c3)C(=O)C(=O)N2CC2CCCO2)cc1. The van der Waals surface area contributed by atoms with Gasteiger partial charge in [-0.1, -0.05) is 23.7 Å². The van der Waals surface area contributed by atoms with E-state index in [9.17, 15) is 14.7 Å². The summed E-state index contributed by atoms with van der Waals surface area (Å²) in [4.78, 5) is 30.2. The van der Waals surface area contributed by atoms with Crippen molar-refractivity contribution in [2.45, 2.75) is 38.8 Å². The molecule has 7 nitrogen and oxygen atoms in total. The lowest BCUT2D eigenvalue weighted by Gasteiger charge is -2.28. The number of ketones is 1. The second-order valence-electron chi connectivity index (χ2n) is 8.70. The zero-order chi connectivity index (χ0) is 25.1. The Balaban J connectivity index is 1.81. The molecule has 0 aliphatic carbocycles. The number of likely N-dealkylation sites (tertiary alicyclic amines) is 1. The van der Waals surface area contributed by atoms with Crippen LogP contribution in [0, 0.1) is 0 Å². The van der Waals surface area contributed by atoms with Gasteiger partial charge in [0, 0.05) is 37.5 Å². The Bertz CT molecular complexity index is 1120. The van der Waals surface area contributed by atoms with Gasteiger partial charge in [-0.2, -0.15) is 0 Å². The molecule has 0 bridgehead atoms. The maximum absolute atomic E-state index is 13.3. The second-order valence-corrected chi connectivity index (χ2v) is 9.11. The van der Waals surface area contributed by atoms with Gasteiger partial charge < -0.3 is 24.4 Å². The molecule has 0 radical (unpaired) electrons. The van der Waals surface area contributed by atoms with Crippen molar-refractivity contribution in [1.29, 1.82) is 0 Å². The average molecular weight is 499 g/mol. The number of hydrogen-bond donors (Lipinski definition) is 1. The fraction of sp³-hybridized carbons (Fsp3) is 0.407. The van der Waals surface area contributed by atoms with Gasteiger partial charge in [0.25, 0.3) is 11.7 Å². The first-order valence-corrected chi connectivity index (χ1v) is 12.4. The van der Waals surface area contributed by atoms with Crippen LogP contribution in [0.15, 0.2) is 48.0 Å². The Kier molecular flexibility index (Phi) is 7.67. The van der Waals surface area contributed by atoms with Crippen LogP contribution < -0.4 is 9.64 Å². The number of rotatable bonds is 8. The van der Waals surface area contributed by atoms with Crippen molar-refractivity contribution in [1.82, 2.24) is 4.90 Å². The van der Waals surface area contributed by atoms with Crippen LogP contribution in [-0.4, -0.2) is 61.2 Å². The molecule has 2 saturated heterocycles. The number of nitrogens with zero attached hydrogens (tertiary/aromatic N) is 2. The summed E-state index contributed by atoms with van der Waals surface area (Å²) in [5.74, 6) is -1.25. The monoisotopic (exact) mass is 498 g/mol. The molecule has 186 valence electrons. The molecule has 1 N–H and O–H groups in total. The number of benzene rings is 2. The minimum Gasteiger partial charge on any atom is -0.507 e. The third-order valence-electron chi connectivity index (χ3n) is 6.73. The zero-order valence-electron chi connectivity index (χ0n) is 20.3. The van der Waals surface area contributed by atoms with Crippen molar-refractivity contribution in [2.75, 3.05) is 38.3 Å². The zero-order valence-corrected chi connectivity index (χ0v) is 21.0. The minimum absolute atomic E-state index is 0.0490. The first-order valence-electron chi connectivity index (χ1n) is 12.0. The van der Waals surface area contributed by atoms with Crippen molar-refractivity contribution in [3.05, 3.63) is 64.2 Å². The van der Waals surface area contributed by atoms with Gasteiger partial charge >= 0.3 is 0 Å². The number of carbonyl (C=O) groups is 2. The molecule has 4 rings (SSSR count). The van der Waals surface area contributed by atoms with Crippen LogP contribution in [-0.2, 0) is 14.3 Å². The van der Waals surface area contributed by atoms with E-state index in [1.807, 2.05) is 24.3 Å². The molecule has 2 fully saturated rings. The number of Topliss-reactive ketones (excluding diaryl/α,β-unsaturated/α-hetero) is 1.